The molecular weight excluding hydrogens is 456 g/mol. The molecule has 0 unspecified atom stereocenters. The van der Waals surface area contributed by atoms with Crippen LogP contribution in [0.5, 0.6) is 0 Å². The number of halogens is 1. The van der Waals surface area contributed by atoms with Crippen molar-refractivity contribution >= 4 is 27.5 Å². The van der Waals surface area contributed by atoms with Gasteiger partial charge in [-0.1, -0.05) is 78.7 Å². The molecule has 0 aliphatic carbocycles. The number of carbonyl (C=O) groups is 1. The number of sulfonamides is 1. The lowest BCUT2D eigenvalue weighted by Crippen LogP contribution is -2.36. The molecule has 7 heteroatoms. The smallest absolute Gasteiger partial charge is 0.254 e. The fourth-order valence-electron chi connectivity index (χ4n) is 4.07. The van der Waals surface area contributed by atoms with Crippen LogP contribution in [-0.2, 0) is 23.1 Å². The summed E-state index contributed by atoms with van der Waals surface area (Å²) < 4.78 is 28.0. The lowest BCUT2D eigenvalue weighted by atomic mass is 10.1. The molecule has 0 spiro atoms. The normalized spacial score (nSPS) is 14.7. The first-order chi connectivity index (χ1) is 15.9. The maximum atomic E-state index is 13.6. The molecule has 0 atom stereocenters. The Morgan fingerprint density at radius 3 is 1.91 bits per heavy atom. The second-order valence-electron chi connectivity index (χ2n) is 8.24. The van der Waals surface area contributed by atoms with E-state index >= 15 is 0 Å². The third-order valence-electron chi connectivity index (χ3n) is 5.83. The number of hydrogen-bond donors (Lipinski definition) is 0. The molecule has 1 saturated heterocycles. The fourth-order valence-corrected chi connectivity index (χ4v) is 6.09. The lowest BCUT2D eigenvalue weighted by Gasteiger charge is -2.27. The highest BCUT2D eigenvalue weighted by molar-refractivity contribution is 7.89. The topological polar surface area (TPSA) is 57.7 Å². The second-order valence-corrected chi connectivity index (χ2v) is 10.6. The highest BCUT2D eigenvalue weighted by Gasteiger charge is 2.29. The Labute approximate surface area is 200 Å². The number of rotatable bonds is 7. The molecule has 0 N–H and O–H groups in total. The summed E-state index contributed by atoms with van der Waals surface area (Å²) in [7, 11) is -3.76. The largest absolute Gasteiger partial charge is 0.330 e. The first-order valence-corrected chi connectivity index (χ1v) is 12.9. The average molecular weight is 483 g/mol. The number of carbonyl (C=O) groups excluding carboxylic acids is 1. The van der Waals surface area contributed by atoms with Crippen molar-refractivity contribution in [3.8, 4) is 0 Å². The fraction of sp³-hybridized carbons (Fsp3) is 0.269. The zero-order chi connectivity index (χ0) is 23.3. The van der Waals surface area contributed by atoms with Gasteiger partial charge in [-0.25, -0.2) is 8.42 Å². The van der Waals surface area contributed by atoms with Crippen molar-refractivity contribution < 1.29 is 13.2 Å². The van der Waals surface area contributed by atoms with E-state index in [-0.39, 0.29) is 15.8 Å². The first-order valence-electron chi connectivity index (χ1n) is 11.1. The van der Waals surface area contributed by atoms with Crippen LogP contribution in [0.2, 0.25) is 5.02 Å². The molecule has 3 aromatic carbocycles. The first kappa shape index (κ1) is 23.5. The summed E-state index contributed by atoms with van der Waals surface area (Å²) in [5.74, 6) is -0.241. The van der Waals surface area contributed by atoms with Gasteiger partial charge in [0.05, 0.1) is 5.02 Å². The van der Waals surface area contributed by atoms with Gasteiger partial charge in [0.25, 0.3) is 5.91 Å². The molecule has 3 aromatic rings. The third kappa shape index (κ3) is 5.64. The molecular formula is C26H27ClN2O3S. The number of benzene rings is 3. The Bertz CT molecular complexity index is 1150. The second kappa shape index (κ2) is 10.5. The minimum atomic E-state index is -3.76. The minimum absolute atomic E-state index is 0.00344. The summed E-state index contributed by atoms with van der Waals surface area (Å²) in [4.78, 5) is 15.3. The monoisotopic (exact) mass is 482 g/mol. The Morgan fingerprint density at radius 1 is 0.818 bits per heavy atom. The molecule has 0 saturated carbocycles. The van der Waals surface area contributed by atoms with Crippen LogP contribution in [-0.4, -0.2) is 36.6 Å². The van der Waals surface area contributed by atoms with Gasteiger partial charge >= 0.3 is 0 Å². The predicted octanol–water partition coefficient (Wildman–Crippen LogP) is 5.36. The number of amides is 1. The number of piperidine rings is 1. The summed E-state index contributed by atoms with van der Waals surface area (Å²) in [5, 5.41) is 0.134. The van der Waals surface area contributed by atoms with Gasteiger partial charge in [-0.2, -0.15) is 4.31 Å². The standard InChI is InChI=1S/C26H27ClN2O3S/c27-24-15-14-23(18-25(24)33(31,32)29-16-8-3-9-17-29)26(30)28(19-21-10-4-1-5-11-21)20-22-12-6-2-7-13-22/h1-2,4-7,10-15,18H,3,8-9,16-17,19-20H2. The maximum absolute atomic E-state index is 13.6. The maximum Gasteiger partial charge on any atom is 0.254 e. The van der Waals surface area contributed by atoms with Gasteiger partial charge in [0.2, 0.25) is 10.0 Å². The number of nitrogens with zero attached hydrogens (tertiary/aromatic N) is 2. The molecule has 1 aliphatic heterocycles. The Balaban J connectivity index is 1.66. The van der Waals surface area contributed by atoms with Gasteiger partial charge in [0.1, 0.15) is 4.90 Å². The summed E-state index contributed by atoms with van der Waals surface area (Å²) in [6.45, 7) is 1.77. The van der Waals surface area contributed by atoms with Crippen molar-refractivity contribution in [3.05, 3.63) is 101 Å². The van der Waals surface area contributed by atoms with Gasteiger partial charge in [-0.15, -0.1) is 0 Å². The van der Waals surface area contributed by atoms with Crippen molar-refractivity contribution in [3.63, 3.8) is 0 Å². The van der Waals surface area contributed by atoms with Gasteiger partial charge in [0, 0.05) is 31.7 Å². The van der Waals surface area contributed by atoms with Crippen molar-refractivity contribution in [1.82, 2.24) is 9.21 Å². The van der Waals surface area contributed by atoms with E-state index < -0.39 is 10.0 Å². The van der Waals surface area contributed by atoms with Gasteiger partial charge in [-0.05, 0) is 42.2 Å². The summed E-state index contributed by atoms with van der Waals surface area (Å²) >= 11 is 6.31. The van der Waals surface area contributed by atoms with Crippen LogP contribution in [0.3, 0.4) is 0 Å². The van der Waals surface area contributed by atoms with Crippen LogP contribution in [0.25, 0.3) is 0 Å². The SMILES string of the molecule is O=C(c1ccc(Cl)c(S(=O)(=O)N2CCCCC2)c1)N(Cc1ccccc1)Cc1ccccc1. The van der Waals surface area contributed by atoms with Gasteiger partial charge < -0.3 is 4.90 Å². The molecule has 172 valence electrons. The van der Waals surface area contributed by atoms with Crippen LogP contribution in [0.4, 0.5) is 0 Å². The van der Waals surface area contributed by atoms with Crippen molar-refractivity contribution in [1.29, 1.82) is 0 Å². The summed E-state index contributed by atoms with van der Waals surface area (Å²) in [6.07, 6.45) is 2.68. The van der Waals surface area contributed by atoms with E-state index in [1.165, 1.54) is 16.4 Å². The molecule has 1 fully saturated rings. The molecule has 0 bridgehead atoms. The molecule has 1 amide bonds. The van der Waals surface area contributed by atoms with E-state index in [1.807, 2.05) is 60.7 Å². The van der Waals surface area contributed by atoms with E-state index in [1.54, 1.807) is 11.0 Å². The highest BCUT2D eigenvalue weighted by atomic mass is 35.5. The minimum Gasteiger partial charge on any atom is -0.330 e. The molecule has 5 nitrogen and oxygen atoms in total. The molecule has 4 rings (SSSR count). The predicted molar refractivity (Wildman–Crippen MR) is 131 cm³/mol. The zero-order valence-corrected chi connectivity index (χ0v) is 19.9. The van der Waals surface area contributed by atoms with E-state index in [2.05, 4.69) is 0 Å². The van der Waals surface area contributed by atoms with Crippen molar-refractivity contribution in [2.75, 3.05) is 13.1 Å². The molecule has 0 radical (unpaired) electrons. The molecule has 1 heterocycles. The molecule has 0 aromatic heterocycles. The quantitative estimate of drug-likeness (QED) is 0.455. The average Bonchev–Trinajstić information content (AvgIpc) is 2.85. The van der Waals surface area contributed by atoms with Crippen LogP contribution >= 0.6 is 11.6 Å². The van der Waals surface area contributed by atoms with E-state index in [4.69, 9.17) is 11.6 Å². The molecule has 1 aliphatic rings. The number of hydrogen-bond acceptors (Lipinski definition) is 3. The zero-order valence-electron chi connectivity index (χ0n) is 18.4. The van der Waals surface area contributed by atoms with Crippen LogP contribution in [0, 0.1) is 0 Å². The Morgan fingerprint density at radius 2 is 1.36 bits per heavy atom. The van der Waals surface area contributed by atoms with Gasteiger partial charge in [-0.3, -0.25) is 4.79 Å². The van der Waals surface area contributed by atoms with E-state index in [9.17, 15) is 13.2 Å². The Hall–Kier alpha value is -2.67. The summed E-state index contributed by atoms with van der Waals surface area (Å²) in [5.41, 5.74) is 2.30. The molecule has 33 heavy (non-hydrogen) atoms. The Kier molecular flexibility index (Phi) is 7.48. The highest BCUT2D eigenvalue weighted by Crippen LogP contribution is 2.28. The van der Waals surface area contributed by atoms with Crippen molar-refractivity contribution in [2.24, 2.45) is 0 Å². The van der Waals surface area contributed by atoms with Gasteiger partial charge in [0.15, 0.2) is 0 Å². The van der Waals surface area contributed by atoms with Crippen LogP contribution in [0.15, 0.2) is 83.8 Å². The lowest BCUT2D eigenvalue weighted by molar-refractivity contribution is 0.0730. The summed E-state index contributed by atoms with van der Waals surface area (Å²) in [6, 6.07) is 24.0. The van der Waals surface area contributed by atoms with Crippen LogP contribution in [0.1, 0.15) is 40.7 Å². The van der Waals surface area contributed by atoms with Crippen molar-refractivity contribution in [2.45, 2.75) is 37.2 Å². The third-order valence-corrected chi connectivity index (χ3v) is 8.21. The van der Waals surface area contributed by atoms with Crippen LogP contribution < -0.4 is 0 Å². The van der Waals surface area contributed by atoms with E-state index in [0.29, 0.717) is 31.7 Å². The van der Waals surface area contributed by atoms with E-state index in [0.717, 1.165) is 30.4 Å².